The van der Waals surface area contributed by atoms with Crippen LogP contribution in [-0.2, 0) is 14.6 Å². The lowest BCUT2D eigenvalue weighted by Gasteiger charge is -1.98. The predicted octanol–water partition coefficient (Wildman–Crippen LogP) is 0.180. The van der Waals surface area contributed by atoms with Crippen LogP contribution >= 0.6 is 0 Å². The summed E-state index contributed by atoms with van der Waals surface area (Å²) >= 11 is 0. The van der Waals surface area contributed by atoms with Gasteiger partial charge in [0.15, 0.2) is 9.84 Å². The quantitative estimate of drug-likeness (QED) is 0.624. The van der Waals surface area contributed by atoms with E-state index in [1.165, 1.54) is 0 Å². The van der Waals surface area contributed by atoms with Crippen LogP contribution in [0.25, 0.3) is 0 Å². The van der Waals surface area contributed by atoms with E-state index in [9.17, 15) is 13.2 Å². The molecule has 0 aliphatic carbocycles. The van der Waals surface area contributed by atoms with Crippen molar-refractivity contribution in [2.75, 3.05) is 11.5 Å². The number of sulfone groups is 1. The molecule has 0 fully saturated rings. The van der Waals surface area contributed by atoms with Crippen LogP contribution in [0.2, 0.25) is 0 Å². The number of hydrogen-bond donors (Lipinski definition) is 1. The van der Waals surface area contributed by atoms with Crippen LogP contribution in [0, 0.1) is 11.3 Å². The monoisotopic (exact) mass is 205 g/mol. The molecule has 0 atom stereocenters. The molecule has 0 aromatic rings. The lowest BCUT2D eigenvalue weighted by Crippen LogP contribution is -2.18. The Balaban J connectivity index is 3.78. The molecule has 0 saturated heterocycles. The number of rotatable bonds is 6. The molecular formula is C7H11NO4S. The van der Waals surface area contributed by atoms with Crippen molar-refractivity contribution < 1.29 is 18.3 Å². The maximum atomic E-state index is 10.9. The normalized spacial score (nSPS) is 10.7. The predicted molar refractivity (Wildman–Crippen MR) is 45.8 cm³/mol. The summed E-state index contributed by atoms with van der Waals surface area (Å²) in [6.45, 7) is 0. The highest BCUT2D eigenvalue weighted by Crippen LogP contribution is 1.99. The van der Waals surface area contributed by atoms with Gasteiger partial charge in [-0.2, -0.15) is 5.26 Å². The first-order valence-corrected chi connectivity index (χ1v) is 5.59. The Morgan fingerprint density at radius 2 is 2.00 bits per heavy atom. The fraction of sp³-hybridized carbons (Fsp3) is 0.714. The number of nitriles is 1. The maximum Gasteiger partial charge on any atom is 0.318 e. The van der Waals surface area contributed by atoms with Gasteiger partial charge in [-0.1, -0.05) is 0 Å². The van der Waals surface area contributed by atoms with Gasteiger partial charge >= 0.3 is 5.97 Å². The highest BCUT2D eigenvalue weighted by molar-refractivity contribution is 7.92. The molecule has 0 aliphatic heterocycles. The zero-order valence-electron chi connectivity index (χ0n) is 7.06. The van der Waals surface area contributed by atoms with Crippen molar-refractivity contribution in [3.63, 3.8) is 0 Å². The summed E-state index contributed by atoms with van der Waals surface area (Å²) in [5.74, 6) is -2.30. The van der Waals surface area contributed by atoms with E-state index in [1.54, 1.807) is 0 Å². The molecule has 0 heterocycles. The summed E-state index contributed by atoms with van der Waals surface area (Å²) in [7, 11) is -3.47. The Morgan fingerprint density at radius 3 is 2.46 bits per heavy atom. The Labute approximate surface area is 76.9 Å². The van der Waals surface area contributed by atoms with Gasteiger partial charge in [0.25, 0.3) is 0 Å². The van der Waals surface area contributed by atoms with E-state index in [4.69, 9.17) is 10.4 Å². The summed E-state index contributed by atoms with van der Waals surface area (Å²) < 4.78 is 21.9. The minimum absolute atomic E-state index is 0.152. The highest BCUT2D eigenvalue weighted by Gasteiger charge is 2.14. The molecule has 0 spiro atoms. The van der Waals surface area contributed by atoms with Crippen molar-refractivity contribution in [3.8, 4) is 6.07 Å². The number of carboxylic acids is 1. The standard InChI is InChI=1S/C7H11NO4S/c8-4-2-1-3-5-13(11,12)6-7(9)10/h1-3,5-6H2,(H,9,10). The van der Waals surface area contributed by atoms with Crippen LogP contribution in [0.3, 0.4) is 0 Å². The lowest BCUT2D eigenvalue weighted by molar-refractivity contribution is -0.134. The molecule has 0 unspecified atom stereocenters. The van der Waals surface area contributed by atoms with Crippen LogP contribution in [0.1, 0.15) is 19.3 Å². The molecule has 6 heteroatoms. The van der Waals surface area contributed by atoms with Crippen molar-refractivity contribution in [1.29, 1.82) is 5.26 Å². The Hall–Kier alpha value is -1.09. The molecule has 13 heavy (non-hydrogen) atoms. The first kappa shape index (κ1) is 11.9. The molecule has 0 aromatic carbocycles. The van der Waals surface area contributed by atoms with Gasteiger partial charge in [0, 0.05) is 6.42 Å². The SMILES string of the molecule is N#CCCCCS(=O)(=O)CC(=O)O. The van der Waals surface area contributed by atoms with Crippen LogP contribution < -0.4 is 0 Å². The summed E-state index contributed by atoms with van der Waals surface area (Å²) in [6, 6.07) is 1.88. The first-order valence-electron chi connectivity index (χ1n) is 3.77. The minimum atomic E-state index is -3.47. The Bertz CT molecular complexity index is 301. The fourth-order valence-electron chi connectivity index (χ4n) is 0.786. The van der Waals surface area contributed by atoms with Gasteiger partial charge in [-0.25, -0.2) is 8.42 Å². The van der Waals surface area contributed by atoms with E-state index >= 15 is 0 Å². The third-order valence-electron chi connectivity index (χ3n) is 1.34. The van der Waals surface area contributed by atoms with E-state index in [2.05, 4.69) is 0 Å². The van der Waals surface area contributed by atoms with E-state index in [-0.39, 0.29) is 5.75 Å². The second-order valence-corrected chi connectivity index (χ2v) is 4.79. The van der Waals surface area contributed by atoms with Crippen LogP contribution in [0.15, 0.2) is 0 Å². The lowest BCUT2D eigenvalue weighted by atomic mass is 10.3. The van der Waals surface area contributed by atoms with Gasteiger partial charge in [-0.05, 0) is 12.8 Å². The highest BCUT2D eigenvalue weighted by atomic mass is 32.2. The van der Waals surface area contributed by atoms with Gasteiger partial charge in [-0.15, -0.1) is 0 Å². The summed E-state index contributed by atoms with van der Waals surface area (Å²) in [5.41, 5.74) is 0. The van der Waals surface area contributed by atoms with Crippen LogP contribution in [0.4, 0.5) is 0 Å². The number of hydrogen-bond acceptors (Lipinski definition) is 4. The van der Waals surface area contributed by atoms with Crippen LogP contribution in [-0.4, -0.2) is 31.0 Å². The van der Waals surface area contributed by atoms with Gasteiger partial charge < -0.3 is 5.11 Å². The second-order valence-electron chi connectivity index (χ2n) is 2.60. The molecule has 5 nitrogen and oxygen atoms in total. The van der Waals surface area contributed by atoms with Crippen molar-refractivity contribution in [2.45, 2.75) is 19.3 Å². The largest absolute Gasteiger partial charge is 0.480 e. The van der Waals surface area contributed by atoms with Crippen molar-refractivity contribution in [2.24, 2.45) is 0 Å². The molecule has 0 aliphatic rings. The molecule has 0 rings (SSSR count). The molecule has 0 radical (unpaired) electrons. The first-order chi connectivity index (χ1) is 5.98. The van der Waals surface area contributed by atoms with E-state index in [1.807, 2.05) is 6.07 Å². The number of carboxylic acid groups (broad SMARTS) is 1. The average molecular weight is 205 g/mol. The molecule has 0 amide bonds. The zero-order valence-corrected chi connectivity index (χ0v) is 7.88. The molecule has 0 aromatic heterocycles. The van der Waals surface area contributed by atoms with Crippen molar-refractivity contribution in [3.05, 3.63) is 0 Å². The van der Waals surface area contributed by atoms with E-state index in [0.717, 1.165) is 0 Å². The van der Waals surface area contributed by atoms with E-state index in [0.29, 0.717) is 19.3 Å². The van der Waals surface area contributed by atoms with Gasteiger partial charge in [-0.3, -0.25) is 4.79 Å². The van der Waals surface area contributed by atoms with Crippen molar-refractivity contribution >= 4 is 15.8 Å². The third kappa shape index (κ3) is 7.28. The number of nitrogens with zero attached hydrogens (tertiary/aromatic N) is 1. The Kier molecular flexibility index (Phi) is 5.07. The fourth-order valence-corrected chi connectivity index (χ4v) is 1.95. The molecule has 74 valence electrons. The molecule has 1 N–H and O–H groups in total. The Morgan fingerprint density at radius 1 is 1.38 bits per heavy atom. The van der Waals surface area contributed by atoms with Crippen molar-refractivity contribution in [1.82, 2.24) is 0 Å². The number of carbonyl (C=O) groups is 1. The van der Waals surface area contributed by atoms with Crippen LogP contribution in [0.5, 0.6) is 0 Å². The van der Waals surface area contributed by atoms with E-state index < -0.39 is 21.6 Å². The molecule has 0 bridgehead atoms. The number of aliphatic carboxylic acids is 1. The third-order valence-corrected chi connectivity index (χ3v) is 2.93. The average Bonchev–Trinajstić information content (AvgIpc) is 1.95. The van der Waals surface area contributed by atoms with Gasteiger partial charge in [0.2, 0.25) is 0 Å². The summed E-state index contributed by atoms with van der Waals surface area (Å²) in [5, 5.41) is 16.4. The minimum Gasteiger partial charge on any atom is -0.480 e. The molecular weight excluding hydrogens is 194 g/mol. The summed E-state index contributed by atoms with van der Waals surface area (Å²) in [6.07, 6.45) is 1.15. The summed E-state index contributed by atoms with van der Waals surface area (Å²) in [4.78, 5) is 10.1. The zero-order chi connectivity index (χ0) is 10.3. The van der Waals surface area contributed by atoms with Gasteiger partial charge in [0.05, 0.1) is 11.8 Å². The van der Waals surface area contributed by atoms with Gasteiger partial charge in [0.1, 0.15) is 5.75 Å². The second kappa shape index (κ2) is 5.54. The maximum absolute atomic E-state index is 10.9. The number of unbranched alkanes of at least 4 members (excludes halogenated alkanes) is 2. The molecule has 0 saturated carbocycles. The smallest absolute Gasteiger partial charge is 0.318 e. The topological polar surface area (TPSA) is 95.2 Å².